The lowest BCUT2D eigenvalue weighted by atomic mass is 9.43. The van der Waals surface area contributed by atoms with Crippen LogP contribution in [0.25, 0.3) is 0 Å². The molecule has 1 amide bonds. The van der Waals surface area contributed by atoms with Crippen LogP contribution >= 0.6 is 0 Å². The van der Waals surface area contributed by atoms with Crippen molar-refractivity contribution in [2.24, 2.45) is 28.6 Å². The Balaban J connectivity index is 1.49. The molecule has 168 valence electrons. The Morgan fingerprint density at radius 1 is 1.13 bits per heavy atom. The predicted octanol–water partition coefficient (Wildman–Crippen LogP) is 3.04. The van der Waals surface area contributed by atoms with Gasteiger partial charge in [-0.25, -0.2) is 0 Å². The SMILES string of the molecule is CN(C)C(=O)[C@@H]1CC2=CC(=O)CC[C@]2(C)[C@@]23O[C@H]2C[C@@]2(C)C(CC[C@@]24CCC(=O)O4)C13. The molecule has 8 atom stereocenters. The molecule has 6 nitrogen and oxygen atoms in total. The van der Waals surface area contributed by atoms with Gasteiger partial charge < -0.3 is 14.4 Å². The first-order valence-corrected chi connectivity index (χ1v) is 11.9. The number of esters is 1. The predicted molar refractivity (Wildman–Crippen MR) is 112 cm³/mol. The van der Waals surface area contributed by atoms with E-state index in [1.165, 1.54) is 0 Å². The standard InChI is InChI=1S/C25H33NO5/c1-22-8-5-15(27)11-14(22)12-16(21(29)26(3)4)20-17-6-9-24(10-7-19(28)31-24)23(17,2)13-18-25(20,22)30-18/h11,16-18,20H,5-10,12-13H2,1-4H3/t16-,17?,18+,20?,22+,23+,24-,25-/m1/s1. The Morgan fingerprint density at radius 2 is 1.90 bits per heavy atom. The molecular formula is C25H33NO5. The molecule has 0 bridgehead atoms. The van der Waals surface area contributed by atoms with Gasteiger partial charge in [0, 0.05) is 49.6 Å². The van der Waals surface area contributed by atoms with Gasteiger partial charge in [-0.1, -0.05) is 19.4 Å². The van der Waals surface area contributed by atoms with Gasteiger partial charge in [-0.2, -0.15) is 0 Å². The summed E-state index contributed by atoms with van der Waals surface area (Å²) >= 11 is 0. The van der Waals surface area contributed by atoms with E-state index >= 15 is 0 Å². The fraction of sp³-hybridized carbons (Fsp3) is 0.800. The van der Waals surface area contributed by atoms with Crippen LogP contribution in [0.2, 0.25) is 0 Å². The molecule has 2 saturated heterocycles. The van der Waals surface area contributed by atoms with Crippen LogP contribution in [-0.2, 0) is 23.9 Å². The molecule has 0 N–H and O–H groups in total. The van der Waals surface area contributed by atoms with Crippen molar-refractivity contribution in [1.29, 1.82) is 0 Å². The van der Waals surface area contributed by atoms with E-state index < -0.39 is 5.60 Å². The third-order valence-electron chi connectivity index (χ3n) is 10.5. The minimum Gasteiger partial charge on any atom is -0.458 e. The molecule has 6 rings (SSSR count). The molecule has 5 fully saturated rings. The van der Waals surface area contributed by atoms with Gasteiger partial charge in [0.1, 0.15) is 11.2 Å². The van der Waals surface area contributed by atoms with Gasteiger partial charge in [-0.15, -0.1) is 0 Å². The van der Waals surface area contributed by atoms with E-state index in [0.717, 1.165) is 37.7 Å². The second-order valence-electron chi connectivity index (χ2n) is 11.7. The average molecular weight is 428 g/mol. The van der Waals surface area contributed by atoms with E-state index in [0.29, 0.717) is 19.3 Å². The fourth-order valence-electron chi connectivity index (χ4n) is 8.88. The number of nitrogens with zero attached hydrogens (tertiary/aromatic N) is 1. The zero-order chi connectivity index (χ0) is 22.0. The van der Waals surface area contributed by atoms with Crippen LogP contribution in [0.4, 0.5) is 0 Å². The molecule has 0 aromatic rings. The van der Waals surface area contributed by atoms with E-state index in [4.69, 9.17) is 9.47 Å². The smallest absolute Gasteiger partial charge is 0.306 e. The lowest BCUT2D eigenvalue weighted by Gasteiger charge is -2.59. The Kier molecular flexibility index (Phi) is 3.74. The fourth-order valence-corrected chi connectivity index (χ4v) is 8.88. The maximum atomic E-state index is 13.5. The van der Waals surface area contributed by atoms with Gasteiger partial charge in [0.25, 0.3) is 0 Å². The number of carbonyl (C=O) groups is 3. The van der Waals surface area contributed by atoms with Gasteiger partial charge in [-0.3, -0.25) is 14.4 Å². The number of ether oxygens (including phenoxy) is 2. The van der Waals surface area contributed by atoms with Gasteiger partial charge in [-0.05, 0) is 50.5 Å². The summed E-state index contributed by atoms with van der Waals surface area (Å²) < 4.78 is 12.8. The Labute approximate surface area is 183 Å². The Hall–Kier alpha value is -1.69. The minimum atomic E-state index is -0.405. The van der Waals surface area contributed by atoms with Crippen LogP contribution in [0, 0.1) is 28.6 Å². The molecule has 2 heterocycles. The summed E-state index contributed by atoms with van der Waals surface area (Å²) in [5.74, 6) is 0.412. The second kappa shape index (κ2) is 5.81. The lowest BCUT2D eigenvalue weighted by molar-refractivity contribution is -0.169. The van der Waals surface area contributed by atoms with Gasteiger partial charge >= 0.3 is 5.97 Å². The molecule has 0 aromatic heterocycles. The normalized spacial score (nSPS) is 51.9. The maximum Gasteiger partial charge on any atom is 0.306 e. The minimum absolute atomic E-state index is 0.0624. The van der Waals surface area contributed by atoms with E-state index in [1.54, 1.807) is 4.90 Å². The summed E-state index contributed by atoms with van der Waals surface area (Å²) in [6.45, 7) is 4.57. The van der Waals surface area contributed by atoms with Crippen LogP contribution in [0.1, 0.15) is 65.2 Å². The quantitative estimate of drug-likeness (QED) is 0.475. The molecule has 6 aliphatic rings. The van der Waals surface area contributed by atoms with Gasteiger partial charge in [0.2, 0.25) is 5.91 Å². The van der Waals surface area contributed by atoms with Gasteiger partial charge in [0.05, 0.1) is 6.10 Å². The maximum absolute atomic E-state index is 13.5. The first-order valence-electron chi connectivity index (χ1n) is 11.9. The number of amides is 1. The number of hydrogen-bond donors (Lipinski definition) is 0. The topological polar surface area (TPSA) is 76.2 Å². The Bertz CT molecular complexity index is 940. The van der Waals surface area contributed by atoms with Crippen molar-refractivity contribution in [3.63, 3.8) is 0 Å². The third-order valence-corrected chi connectivity index (χ3v) is 10.5. The molecule has 4 aliphatic carbocycles. The van der Waals surface area contributed by atoms with E-state index in [1.807, 2.05) is 20.2 Å². The summed E-state index contributed by atoms with van der Waals surface area (Å²) in [7, 11) is 3.65. The molecule has 2 unspecified atom stereocenters. The van der Waals surface area contributed by atoms with Crippen molar-refractivity contribution in [2.75, 3.05) is 14.1 Å². The highest BCUT2D eigenvalue weighted by molar-refractivity contribution is 5.92. The van der Waals surface area contributed by atoms with E-state index in [2.05, 4.69) is 13.8 Å². The summed E-state index contributed by atoms with van der Waals surface area (Å²) in [6.07, 6.45) is 7.90. The molecule has 2 aliphatic heterocycles. The first kappa shape index (κ1) is 20.0. The number of carbonyl (C=O) groups excluding carboxylic acids is 3. The monoisotopic (exact) mass is 427 g/mol. The highest BCUT2D eigenvalue weighted by Gasteiger charge is 2.83. The second-order valence-corrected chi connectivity index (χ2v) is 11.7. The van der Waals surface area contributed by atoms with Crippen LogP contribution in [0.5, 0.6) is 0 Å². The molecule has 2 spiro atoms. The molecule has 0 radical (unpaired) electrons. The van der Waals surface area contributed by atoms with Crippen LogP contribution in [0.15, 0.2) is 11.6 Å². The van der Waals surface area contributed by atoms with Crippen LogP contribution in [0.3, 0.4) is 0 Å². The Morgan fingerprint density at radius 3 is 2.58 bits per heavy atom. The number of ketones is 1. The number of epoxide rings is 1. The van der Waals surface area contributed by atoms with Gasteiger partial charge in [0.15, 0.2) is 5.78 Å². The van der Waals surface area contributed by atoms with Crippen molar-refractivity contribution < 1.29 is 23.9 Å². The zero-order valence-electron chi connectivity index (χ0n) is 19.0. The van der Waals surface area contributed by atoms with Crippen molar-refractivity contribution in [1.82, 2.24) is 4.90 Å². The summed E-state index contributed by atoms with van der Waals surface area (Å²) in [5, 5.41) is 0. The molecule has 3 saturated carbocycles. The zero-order valence-corrected chi connectivity index (χ0v) is 19.0. The van der Waals surface area contributed by atoms with Crippen molar-refractivity contribution in [2.45, 2.75) is 82.5 Å². The largest absolute Gasteiger partial charge is 0.458 e. The molecular weight excluding hydrogens is 394 g/mol. The molecule has 31 heavy (non-hydrogen) atoms. The summed E-state index contributed by atoms with van der Waals surface area (Å²) in [5.41, 5.74) is -0.0133. The molecule has 6 heteroatoms. The van der Waals surface area contributed by atoms with Crippen LogP contribution in [-0.4, -0.2) is 54.0 Å². The summed E-state index contributed by atoms with van der Waals surface area (Å²) in [4.78, 5) is 39.7. The number of fused-ring (bicyclic) bond motifs is 4. The average Bonchev–Trinajstić information content (AvgIpc) is 3.20. The first-order chi connectivity index (χ1) is 14.6. The van der Waals surface area contributed by atoms with Crippen molar-refractivity contribution in [3.8, 4) is 0 Å². The number of hydrogen-bond acceptors (Lipinski definition) is 5. The van der Waals surface area contributed by atoms with E-state index in [-0.39, 0.29) is 57.9 Å². The van der Waals surface area contributed by atoms with E-state index in [9.17, 15) is 14.4 Å². The molecule has 0 aromatic carbocycles. The van der Waals surface area contributed by atoms with Crippen molar-refractivity contribution >= 4 is 17.7 Å². The third kappa shape index (κ3) is 2.16. The lowest BCUT2D eigenvalue weighted by Crippen LogP contribution is -2.63. The summed E-state index contributed by atoms with van der Waals surface area (Å²) in [6, 6.07) is 0. The number of rotatable bonds is 1. The van der Waals surface area contributed by atoms with Crippen molar-refractivity contribution in [3.05, 3.63) is 11.6 Å². The highest BCUT2D eigenvalue weighted by Crippen LogP contribution is 2.78. The highest BCUT2D eigenvalue weighted by atomic mass is 16.6. The van der Waals surface area contributed by atoms with Crippen LogP contribution < -0.4 is 0 Å².